The van der Waals surface area contributed by atoms with Gasteiger partial charge < -0.3 is 14.4 Å². The van der Waals surface area contributed by atoms with Crippen LogP contribution >= 0.6 is 0 Å². The number of fused-ring (bicyclic) bond motifs is 1. The van der Waals surface area contributed by atoms with Crippen LogP contribution in [0.2, 0.25) is 0 Å². The van der Waals surface area contributed by atoms with E-state index >= 15 is 0 Å². The number of para-hydroxylation sites is 1. The smallest absolute Gasteiger partial charge is 0.262 e. The first-order valence-electron chi connectivity index (χ1n) is 16.7. The molecule has 0 spiro atoms. The molecule has 8 nitrogen and oxygen atoms in total. The first-order valence-corrected chi connectivity index (χ1v) is 18.2. The van der Waals surface area contributed by atoms with E-state index in [9.17, 15) is 13.2 Å². The molecule has 9 heteroatoms. The van der Waals surface area contributed by atoms with Crippen LogP contribution in [-0.4, -0.2) is 20.9 Å². The first-order chi connectivity index (χ1) is 24.8. The van der Waals surface area contributed by atoms with Gasteiger partial charge in [-0.25, -0.2) is 8.42 Å². The van der Waals surface area contributed by atoms with Crippen molar-refractivity contribution in [1.82, 2.24) is 0 Å². The Bertz CT molecular complexity index is 2230. The van der Waals surface area contributed by atoms with E-state index in [1.165, 1.54) is 6.07 Å². The number of benzene rings is 6. The van der Waals surface area contributed by atoms with Crippen LogP contribution in [0.1, 0.15) is 40.1 Å². The maximum absolute atomic E-state index is 14.8. The summed E-state index contributed by atoms with van der Waals surface area (Å²) in [6.45, 7) is 4.80. The summed E-state index contributed by atoms with van der Waals surface area (Å²) in [4.78, 5) is 18.7. The lowest BCUT2D eigenvalue weighted by atomic mass is 9.99. The second-order valence-corrected chi connectivity index (χ2v) is 13.9. The molecule has 0 unspecified atom stereocenters. The number of aryl methyl sites for hydroxylation is 1. The van der Waals surface area contributed by atoms with Crippen LogP contribution in [0.3, 0.4) is 0 Å². The van der Waals surface area contributed by atoms with E-state index in [2.05, 4.69) is 9.62 Å². The molecule has 0 saturated heterocycles. The fraction of sp³-hybridized carbons (Fsp3) is 0.119. The first kappa shape index (κ1) is 33.4. The van der Waals surface area contributed by atoms with Crippen molar-refractivity contribution in [2.24, 2.45) is 0 Å². The SMILES string of the molecule is CCOc1ccc(N2C(=O)c3cc(S(=O)(=O)Nc4ccc(C)cc4)ccc3N(Cc3ccccc3)[C@@H]2c2ccc(Oc3ccccc3)cc2)cc1. The van der Waals surface area contributed by atoms with E-state index in [4.69, 9.17) is 9.47 Å². The average molecular weight is 696 g/mol. The number of carbonyl (C=O) groups is 1. The van der Waals surface area contributed by atoms with Crippen molar-refractivity contribution in [1.29, 1.82) is 0 Å². The summed E-state index contributed by atoms with van der Waals surface area (Å²) >= 11 is 0. The second kappa shape index (κ2) is 14.4. The minimum absolute atomic E-state index is 0.0117. The fourth-order valence-corrected chi connectivity index (χ4v) is 7.28. The predicted molar refractivity (Wildman–Crippen MR) is 201 cm³/mol. The molecule has 0 bridgehead atoms. The largest absolute Gasteiger partial charge is 0.494 e. The van der Waals surface area contributed by atoms with E-state index in [-0.39, 0.29) is 16.4 Å². The zero-order valence-corrected chi connectivity index (χ0v) is 29.1. The normalized spacial score (nSPS) is 14.2. The molecule has 1 amide bonds. The van der Waals surface area contributed by atoms with E-state index in [1.807, 2.05) is 135 Å². The number of hydrogen-bond acceptors (Lipinski definition) is 6. The number of rotatable bonds is 11. The summed E-state index contributed by atoms with van der Waals surface area (Å²) < 4.78 is 41.8. The molecule has 0 radical (unpaired) electrons. The van der Waals surface area contributed by atoms with E-state index in [0.717, 1.165) is 22.4 Å². The van der Waals surface area contributed by atoms with Crippen LogP contribution in [0.4, 0.5) is 17.1 Å². The highest BCUT2D eigenvalue weighted by atomic mass is 32.2. The highest BCUT2D eigenvalue weighted by Crippen LogP contribution is 2.44. The molecule has 0 saturated carbocycles. The fourth-order valence-electron chi connectivity index (χ4n) is 6.19. The third kappa shape index (κ3) is 7.29. The Kier molecular flexibility index (Phi) is 9.46. The number of nitrogens with zero attached hydrogens (tertiary/aromatic N) is 2. The van der Waals surface area contributed by atoms with Gasteiger partial charge in [0.15, 0.2) is 0 Å². The number of anilines is 3. The number of carbonyl (C=O) groups excluding carboxylic acids is 1. The van der Waals surface area contributed by atoms with Crippen molar-refractivity contribution in [3.8, 4) is 17.2 Å². The molecule has 0 fully saturated rings. The van der Waals surface area contributed by atoms with Crippen LogP contribution in [0.5, 0.6) is 17.2 Å². The number of ether oxygens (including phenoxy) is 2. The molecule has 6 aromatic carbocycles. The Balaban J connectivity index is 1.35. The summed E-state index contributed by atoms with van der Waals surface area (Å²) in [7, 11) is -4.02. The summed E-state index contributed by atoms with van der Waals surface area (Å²) in [5, 5.41) is 0. The minimum atomic E-state index is -4.02. The maximum atomic E-state index is 14.8. The van der Waals surface area contributed by atoms with Crippen LogP contribution in [0, 0.1) is 6.92 Å². The van der Waals surface area contributed by atoms with Crippen molar-refractivity contribution < 1.29 is 22.7 Å². The molecule has 6 aromatic rings. The molecular weight excluding hydrogens is 659 g/mol. The van der Waals surface area contributed by atoms with Gasteiger partial charge in [0.05, 0.1) is 22.8 Å². The van der Waals surface area contributed by atoms with Crippen molar-refractivity contribution >= 4 is 33.0 Å². The number of nitrogens with one attached hydrogen (secondary N) is 1. The van der Waals surface area contributed by atoms with E-state index in [1.54, 1.807) is 29.2 Å². The summed E-state index contributed by atoms with van der Waals surface area (Å²) in [5.74, 6) is 1.73. The highest BCUT2D eigenvalue weighted by Gasteiger charge is 2.40. The molecule has 0 aliphatic carbocycles. The van der Waals surface area contributed by atoms with Gasteiger partial charge >= 0.3 is 0 Å². The molecule has 1 atom stereocenters. The Labute approximate surface area is 298 Å². The van der Waals surface area contributed by atoms with Crippen molar-refractivity contribution in [2.75, 3.05) is 21.1 Å². The lowest BCUT2D eigenvalue weighted by molar-refractivity contribution is 0.0968. The van der Waals surface area contributed by atoms with Crippen LogP contribution in [0.25, 0.3) is 0 Å². The van der Waals surface area contributed by atoms with Gasteiger partial charge in [-0.05, 0) is 104 Å². The van der Waals surface area contributed by atoms with Crippen LogP contribution in [0.15, 0.2) is 157 Å². The topological polar surface area (TPSA) is 88.2 Å². The van der Waals surface area contributed by atoms with Crippen molar-refractivity contribution in [3.05, 3.63) is 174 Å². The van der Waals surface area contributed by atoms with Gasteiger partial charge in [0.1, 0.15) is 23.4 Å². The van der Waals surface area contributed by atoms with Gasteiger partial charge in [-0.1, -0.05) is 78.4 Å². The Morgan fingerprint density at radius 2 is 1.33 bits per heavy atom. The molecule has 1 aliphatic heterocycles. The number of amides is 1. The molecule has 51 heavy (non-hydrogen) atoms. The van der Waals surface area contributed by atoms with Crippen molar-refractivity contribution in [2.45, 2.75) is 31.5 Å². The Hall–Kier alpha value is -6.06. The van der Waals surface area contributed by atoms with Gasteiger partial charge in [0, 0.05) is 17.9 Å². The van der Waals surface area contributed by atoms with Gasteiger partial charge in [-0.15, -0.1) is 0 Å². The highest BCUT2D eigenvalue weighted by molar-refractivity contribution is 7.92. The monoisotopic (exact) mass is 695 g/mol. The molecule has 256 valence electrons. The van der Waals surface area contributed by atoms with Crippen molar-refractivity contribution in [3.63, 3.8) is 0 Å². The number of hydrogen-bond donors (Lipinski definition) is 1. The second-order valence-electron chi connectivity index (χ2n) is 12.2. The zero-order chi connectivity index (χ0) is 35.4. The number of sulfonamides is 1. The van der Waals surface area contributed by atoms with Crippen LogP contribution < -0.4 is 24.0 Å². The van der Waals surface area contributed by atoms with Gasteiger partial charge in [0.25, 0.3) is 15.9 Å². The molecule has 1 heterocycles. The summed E-state index contributed by atoms with van der Waals surface area (Å²) in [5.41, 5.74) is 4.84. The lowest BCUT2D eigenvalue weighted by Crippen LogP contribution is -2.49. The lowest BCUT2D eigenvalue weighted by Gasteiger charge is -2.46. The molecule has 0 aromatic heterocycles. The molecule has 1 aliphatic rings. The summed E-state index contributed by atoms with van der Waals surface area (Å²) in [6, 6.07) is 46.5. The summed E-state index contributed by atoms with van der Waals surface area (Å²) in [6.07, 6.45) is -0.595. The van der Waals surface area contributed by atoms with E-state index < -0.39 is 16.2 Å². The average Bonchev–Trinajstić information content (AvgIpc) is 3.15. The molecule has 1 N–H and O–H groups in total. The third-order valence-corrected chi connectivity index (χ3v) is 10.0. The standard InChI is InChI=1S/C42H37N3O5S/c1-3-49-35-24-20-34(21-25-35)45-41(32-16-22-37(23-17-32)50-36-12-8-5-9-13-36)44(29-31-10-6-4-7-11-31)40-27-26-38(28-39(40)42(45)46)51(47,48)43-33-18-14-30(2)15-19-33/h4-28,41,43H,3,29H2,1-2H3/t41-/m0/s1. The van der Waals surface area contributed by atoms with Gasteiger partial charge in [-0.2, -0.15) is 0 Å². The maximum Gasteiger partial charge on any atom is 0.262 e. The van der Waals surface area contributed by atoms with Crippen LogP contribution in [-0.2, 0) is 16.6 Å². The third-order valence-electron chi connectivity index (χ3n) is 8.66. The quantitative estimate of drug-likeness (QED) is 0.145. The Morgan fingerprint density at radius 3 is 2.00 bits per heavy atom. The predicted octanol–water partition coefficient (Wildman–Crippen LogP) is 9.35. The zero-order valence-electron chi connectivity index (χ0n) is 28.3. The Morgan fingerprint density at radius 1 is 0.706 bits per heavy atom. The molecular formula is C42H37N3O5S. The minimum Gasteiger partial charge on any atom is -0.494 e. The van der Waals surface area contributed by atoms with E-state index in [0.29, 0.717) is 41.7 Å². The van der Waals surface area contributed by atoms with Gasteiger partial charge in [-0.3, -0.25) is 14.4 Å². The molecule has 7 rings (SSSR count). The van der Waals surface area contributed by atoms with Gasteiger partial charge in [0.2, 0.25) is 0 Å².